The van der Waals surface area contributed by atoms with Gasteiger partial charge in [0.05, 0.1) is 13.0 Å². The molecular weight excluding hydrogens is 347 g/mol. The molecule has 0 radical (unpaired) electrons. The smallest absolute Gasteiger partial charge is 0.309 e. The zero-order chi connectivity index (χ0) is 13.5. The molecule has 0 amide bonds. The lowest BCUT2D eigenvalue weighted by Gasteiger charge is -2.39. The third-order valence-electron chi connectivity index (χ3n) is 3.86. The Kier molecular flexibility index (Phi) is 7.48. The monoisotopic (exact) mass is 370 g/mol. The fourth-order valence-corrected chi connectivity index (χ4v) is 3.84. The molecule has 0 aromatic heterocycles. The Labute approximate surface area is 123 Å². The first-order chi connectivity index (χ1) is 8.69. The molecule has 1 rings (SSSR count). The number of hydrogen-bond acceptors (Lipinski definition) is 4. The van der Waals surface area contributed by atoms with Crippen LogP contribution in [0.2, 0.25) is 0 Å². The molecule has 0 spiro atoms. The molecule has 1 aliphatic rings. The number of halogens is 1. The minimum absolute atomic E-state index is 0.0957. The van der Waals surface area contributed by atoms with E-state index in [1.54, 1.807) is 14.2 Å². The molecule has 0 aromatic carbocycles. The lowest BCUT2D eigenvalue weighted by Crippen LogP contribution is -2.43. The first-order valence-corrected chi connectivity index (χ1v) is 7.91. The topological polar surface area (TPSA) is 44.8 Å². The molecule has 0 saturated heterocycles. The molecule has 0 aliphatic heterocycles. The highest BCUT2D eigenvalue weighted by Gasteiger charge is 2.42. The van der Waals surface area contributed by atoms with Crippen molar-refractivity contribution in [1.82, 2.24) is 0 Å². The predicted octanol–water partition coefficient (Wildman–Crippen LogP) is 2.64. The number of hydrogen-bond donors (Lipinski definition) is 0. The number of carbonyl (C=O) groups is 1. The third kappa shape index (κ3) is 3.81. The van der Waals surface area contributed by atoms with Crippen molar-refractivity contribution < 1.29 is 19.0 Å². The van der Waals surface area contributed by atoms with Crippen LogP contribution in [-0.4, -0.2) is 38.0 Å². The van der Waals surface area contributed by atoms with Crippen molar-refractivity contribution in [2.75, 3.05) is 25.8 Å². The minimum Gasteiger partial charge on any atom is -0.469 e. The maximum Gasteiger partial charge on any atom is 0.309 e. The van der Waals surface area contributed by atoms with Crippen LogP contribution in [0.1, 0.15) is 25.7 Å². The van der Waals surface area contributed by atoms with Crippen LogP contribution in [0.5, 0.6) is 0 Å². The lowest BCUT2D eigenvalue weighted by atomic mass is 9.70. The fourth-order valence-electron chi connectivity index (χ4n) is 3.04. The van der Waals surface area contributed by atoms with Gasteiger partial charge in [-0.1, -0.05) is 29.0 Å². The summed E-state index contributed by atoms with van der Waals surface area (Å²) in [5.41, 5.74) is 0. The van der Waals surface area contributed by atoms with Gasteiger partial charge in [0.2, 0.25) is 0 Å². The van der Waals surface area contributed by atoms with Gasteiger partial charge in [-0.25, -0.2) is 0 Å². The molecule has 1 saturated carbocycles. The summed E-state index contributed by atoms with van der Waals surface area (Å²) in [5.74, 6) is 0.361. The van der Waals surface area contributed by atoms with Crippen molar-refractivity contribution >= 4 is 28.6 Å². The molecule has 1 aliphatic carbocycles. The third-order valence-corrected chi connectivity index (χ3v) is 4.48. The van der Waals surface area contributed by atoms with Crippen molar-refractivity contribution in [1.29, 1.82) is 0 Å². The second kappa shape index (κ2) is 8.32. The van der Waals surface area contributed by atoms with Gasteiger partial charge in [-0.05, 0) is 29.6 Å². The van der Waals surface area contributed by atoms with Gasteiger partial charge in [0.25, 0.3) is 0 Å². The standard InChI is InChI=1S/C13H23IO4/c1-16-12(15)10-6-4-5-9(7-8-14)11(10)13(17-2)18-3/h9-11,13H,4-8H2,1-3H3/t9-,10-,11+/m0/s1. The number of carbonyl (C=O) groups excluding carboxylic acids is 1. The maximum absolute atomic E-state index is 11.9. The van der Waals surface area contributed by atoms with E-state index in [4.69, 9.17) is 14.2 Å². The van der Waals surface area contributed by atoms with Gasteiger partial charge in [0, 0.05) is 20.1 Å². The van der Waals surface area contributed by atoms with Crippen molar-refractivity contribution in [3.63, 3.8) is 0 Å². The molecule has 3 atom stereocenters. The summed E-state index contributed by atoms with van der Waals surface area (Å²) < 4.78 is 16.8. The van der Waals surface area contributed by atoms with E-state index in [9.17, 15) is 4.79 Å². The summed E-state index contributed by atoms with van der Waals surface area (Å²) in [7, 11) is 4.73. The highest BCUT2D eigenvalue weighted by molar-refractivity contribution is 14.1. The van der Waals surface area contributed by atoms with Gasteiger partial charge in [-0.15, -0.1) is 0 Å². The van der Waals surface area contributed by atoms with Crippen LogP contribution in [0.4, 0.5) is 0 Å². The predicted molar refractivity (Wildman–Crippen MR) is 77.6 cm³/mol. The quantitative estimate of drug-likeness (QED) is 0.312. The summed E-state index contributed by atoms with van der Waals surface area (Å²) in [6.45, 7) is 0. The largest absolute Gasteiger partial charge is 0.469 e. The van der Waals surface area contributed by atoms with Gasteiger partial charge in [0.15, 0.2) is 6.29 Å². The Balaban J connectivity index is 2.88. The lowest BCUT2D eigenvalue weighted by molar-refractivity contribution is -0.184. The van der Waals surface area contributed by atoms with Crippen LogP contribution in [0, 0.1) is 17.8 Å². The summed E-state index contributed by atoms with van der Waals surface area (Å²) in [4.78, 5) is 11.9. The molecule has 0 bridgehead atoms. The fraction of sp³-hybridized carbons (Fsp3) is 0.923. The second-order valence-corrected chi connectivity index (χ2v) is 5.79. The van der Waals surface area contributed by atoms with Gasteiger partial charge in [0.1, 0.15) is 0 Å². The molecule has 5 heteroatoms. The van der Waals surface area contributed by atoms with Crippen molar-refractivity contribution in [2.24, 2.45) is 17.8 Å². The molecule has 1 fully saturated rings. The zero-order valence-corrected chi connectivity index (χ0v) is 13.5. The Morgan fingerprint density at radius 2 is 1.94 bits per heavy atom. The molecule has 0 N–H and O–H groups in total. The van der Waals surface area contributed by atoms with Gasteiger partial charge in [-0.3, -0.25) is 4.79 Å². The van der Waals surface area contributed by atoms with E-state index in [0.29, 0.717) is 5.92 Å². The Bertz CT molecular complexity index is 253. The van der Waals surface area contributed by atoms with E-state index in [1.807, 2.05) is 0 Å². The van der Waals surface area contributed by atoms with E-state index >= 15 is 0 Å². The molecule has 18 heavy (non-hydrogen) atoms. The van der Waals surface area contributed by atoms with Crippen LogP contribution in [0.3, 0.4) is 0 Å². The van der Waals surface area contributed by atoms with E-state index in [2.05, 4.69) is 22.6 Å². The van der Waals surface area contributed by atoms with E-state index in [-0.39, 0.29) is 24.1 Å². The SMILES string of the molecule is COC(=O)[C@H]1CCC[C@@H](CCI)[C@H]1C(OC)OC. The zero-order valence-electron chi connectivity index (χ0n) is 11.4. The number of ether oxygens (including phenoxy) is 3. The highest BCUT2D eigenvalue weighted by atomic mass is 127. The van der Waals surface area contributed by atoms with Crippen molar-refractivity contribution in [3.8, 4) is 0 Å². The Morgan fingerprint density at radius 3 is 2.44 bits per heavy atom. The molecule has 0 heterocycles. The van der Waals surface area contributed by atoms with Gasteiger partial charge < -0.3 is 14.2 Å². The molecule has 4 nitrogen and oxygen atoms in total. The summed E-state index contributed by atoms with van der Waals surface area (Å²) in [6, 6.07) is 0. The maximum atomic E-state index is 11.9. The minimum atomic E-state index is -0.317. The number of methoxy groups -OCH3 is 3. The highest BCUT2D eigenvalue weighted by Crippen LogP contribution is 2.40. The van der Waals surface area contributed by atoms with Crippen LogP contribution in [0.15, 0.2) is 0 Å². The van der Waals surface area contributed by atoms with Crippen molar-refractivity contribution in [2.45, 2.75) is 32.0 Å². The summed E-state index contributed by atoms with van der Waals surface area (Å²) >= 11 is 2.38. The first-order valence-electron chi connectivity index (χ1n) is 6.39. The van der Waals surface area contributed by atoms with Crippen LogP contribution in [-0.2, 0) is 19.0 Å². The molecule has 106 valence electrons. The van der Waals surface area contributed by atoms with E-state index in [0.717, 1.165) is 30.1 Å². The summed E-state index contributed by atoms with van der Waals surface area (Å²) in [6.07, 6.45) is 3.88. The normalized spacial score (nSPS) is 28.4. The number of rotatable bonds is 6. The average Bonchev–Trinajstić information content (AvgIpc) is 2.41. The molecular formula is C13H23IO4. The summed E-state index contributed by atoms with van der Waals surface area (Å²) in [5, 5.41) is 0. The van der Waals surface area contributed by atoms with Crippen LogP contribution in [0.25, 0.3) is 0 Å². The first kappa shape index (κ1) is 16.2. The van der Waals surface area contributed by atoms with Crippen LogP contribution < -0.4 is 0 Å². The average molecular weight is 370 g/mol. The molecule has 0 unspecified atom stereocenters. The van der Waals surface area contributed by atoms with Crippen LogP contribution >= 0.6 is 22.6 Å². The second-order valence-electron chi connectivity index (χ2n) is 4.72. The Hall–Kier alpha value is 0.120. The van der Waals surface area contributed by atoms with Crippen molar-refractivity contribution in [3.05, 3.63) is 0 Å². The number of esters is 1. The van der Waals surface area contributed by atoms with E-state index < -0.39 is 0 Å². The van der Waals surface area contributed by atoms with E-state index in [1.165, 1.54) is 7.11 Å². The van der Waals surface area contributed by atoms with Gasteiger partial charge >= 0.3 is 5.97 Å². The van der Waals surface area contributed by atoms with Gasteiger partial charge in [-0.2, -0.15) is 0 Å². The Morgan fingerprint density at radius 1 is 1.28 bits per heavy atom. The molecule has 0 aromatic rings. The number of alkyl halides is 1.